The van der Waals surface area contributed by atoms with Crippen molar-refractivity contribution in [1.29, 1.82) is 0 Å². The Hall–Kier alpha value is -2.28. The predicted octanol–water partition coefficient (Wildman–Crippen LogP) is 1.04. The first-order valence-electron chi connectivity index (χ1n) is 6.14. The highest BCUT2D eigenvalue weighted by Crippen LogP contribution is 2.32. The molecule has 1 aromatic heterocycles. The summed E-state index contributed by atoms with van der Waals surface area (Å²) in [5.74, 6) is -1.02. The third-order valence-corrected chi connectivity index (χ3v) is 4.19. The Morgan fingerprint density at radius 1 is 1.30 bits per heavy atom. The Balaban J connectivity index is 1.84. The van der Waals surface area contributed by atoms with E-state index in [0.29, 0.717) is 5.13 Å². The van der Waals surface area contributed by atoms with Crippen molar-refractivity contribution in [2.24, 2.45) is 11.7 Å². The molecule has 2 amide bonds. The molecule has 1 atom stereocenters. The van der Waals surface area contributed by atoms with Crippen molar-refractivity contribution < 1.29 is 9.59 Å². The van der Waals surface area contributed by atoms with Gasteiger partial charge in [-0.05, 0) is 0 Å². The van der Waals surface area contributed by atoms with E-state index in [1.165, 1.54) is 16.2 Å². The first-order valence-corrected chi connectivity index (χ1v) is 6.95. The van der Waals surface area contributed by atoms with Gasteiger partial charge in [-0.3, -0.25) is 14.5 Å². The van der Waals surface area contributed by atoms with Gasteiger partial charge in [-0.25, -0.2) is 0 Å². The van der Waals surface area contributed by atoms with Crippen LogP contribution in [0.2, 0.25) is 0 Å². The minimum atomic E-state index is -0.450. The number of nitrogens with two attached hydrogens (primary N) is 1. The van der Waals surface area contributed by atoms with Gasteiger partial charge in [-0.2, -0.15) is 0 Å². The summed E-state index contributed by atoms with van der Waals surface area (Å²) in [6, 6.07) is 9.62. The van der Waals surface area contributed by atoms with Crippen LogP contribution in [0.3, 0.4) is 0 Å². The normalized spacial score (nSPS) is 18.5. The van der Waals surface area contributed by atoms with E-state index in [4.69, 9.17) is 5.73 Å². The lowest BCUT2D eigenvalue weighted by molar-refractivity contribution is -0.123. The second-order valence-electron chi connectivity index (χ2n) is 4.56. The second kappa shape index (κ2) is 5.01. The van der Waals surface area contributed by atoms with Crippen molar-refractivity contribution in [3.8, 4) is 10.6 Å². The molecule has 0 aliphatic carbocycles. The van der Waals surface area contributed by atoms with Crippen molar-refractivity contribution in [2.75, 3.05) is 11.4 Å². The molecule has 102 valence electrons. The van der Waals surface area contributed by atoms with Crippen LogP contribution in [0.5, 0.6) is 0 Å². The largest absolute Gasteiger partial charge is 0.369 e. The molecule has 20 heavy (non-hydrogen) atoms. The van der Waals surface area contributed by atoms with Crippen LogP contribution in [-0.4, -0.2) is 28.6 Å². The summed E-state index contributed by atoms with van der Waals surface area (Å²) in [7, 11) is 0. The Kier molecular flexibility index (Phi) is 3.19. The number of nitrogens with zero attached hydrogens (tertiary/aromatic N) is 3. The zero-order chi connectivity index (χ0) is 14.1. The van der Waals surface area contributed by atoms with Crippen molar-refractivity contribution in [3.05, 3.63) is 30.3 Å². The number of benzene rings is 1. The minimum absolute atomic E-state index is 0.135. The predicted molar refractivity (Wildman–Crippen MR) is 75.0 cm³/mol. The zero-order valence-electron chi connectivity index (χ0n) is 10.5. The van der Waals surface area contributed by atoms with E-state index in [1.54, 1.807) is 0 Å². The van der Waals surface area contributed by atoms with Crippen LogP contribution in [0.1, 0.15) is 6.42 Å². The van der Waals surface area contributed by atoms with Crippen molar-refractivity contribution >= 4 is 28.3 Å². The fourth-order valence-electron chi connectivity index (χ4n) is 2.11. The number of aromatic nitrogens is 2. The van der Waals surface area contributed by atoms with Gasteiger partial charge in [0.1, 0.15) is 5.01 Å². The Morgan fingerprint density at radius 3 is 2.70 bits per heavy atom. The van der Waals surface area contributed by atoms with Crippen molar-refractivity contribution in [2.45, 2.75) is 6.42 Å². The van der Waals surface area contributed by atoms with Gasteiger partial charge in [0.15, 0.2) is 0 Å². The number of amides is 2. The number of hydrogen-bond donors (Lipinski definition) is 1. The molecule has 6 nitrogen and oxygen atoms in total. The smallest absolute Gasteiger partial charge is 0.229 e. The highest BCUT2D eigenvalue weighted by Gasteiger charge is 2.35. The lowest BCUT2D eigenvalue weighted by atomic mass is 10.1. The van der Waals surface area contributed by atoms with Gasteiger partial charge in [0.2, 0.25) is 16.9 Å². The zero-order valence-corrected chi connectivity index (χ0v) is 11.3. The number of hydrogen-bond acceptors (Lipinski definition) is 5. The average molecular weight is 288 g/mol. The monoisotopic (exact) mass is 288 g/mol. The van der Waals surface area contributed by atoms with Crippen molar-refractivity contribution in [1.82, 2.24) is 10.2 Å². The molecule has 0 bridgehead atoms. The minimum Gasteiger partial charge on any atom is -0.369 e. The van der Waals surface area contributed by atoms with Crippen LogP contribution >= 0.6 is 11.3 Å². The SMILES string of the molecule is NC(=O)C1CC(=O)N(c2nnc(-c3ccccc3)s2)C1. The number of rotatable bonds is 3. The van der Waals surface area contributed by atoms with E-state index in [9.17, 15) is 9.59 Å². The van der Waals surface area contributed by atoms with Crippen molar-refractivity contribution in [3.63, 3.8) is 0 Å². The molecule has 0 saturated carbocycles. The third kappa shape index (κ3) is 2.27. The lowest BCUT2D eigenvalue weighted by Crippen LogP contribution is -2.28. The average Bonchev–Trinajstić information content (AvgIpc) is 3.06. The summed E-state index contributed by atoms with van der Waals surface area (Å²) >= 11 is 1.33. The van der Waals surface area contributed by atoms with Gasteiger partial charge < -0.3 is 5.73 Å². The summed E-state index contributed by atoms with van der Waals surface area (Å²) in [5, 5.41) is 9.39. The molecule has 3 rings (SSSR count). The molecule has 0 radical (unpaired) electrons. The standard InChI is InChI=1S/C13H12N4O2S/c14-11(19)9-6-10(18)17(7-9)13-16-15-12(20-13)8-4-2-1-3-5-8/h1-5,9H,6-7H2,(H2,14,19). The quantitative estimate of drug-likeness (QED) is 0.914. The maximum atomic E-state index is 11.9. The summed E-state index contributed by atoms with van der Waals surface area (Å²) in [5.41, 5.74) is 6.20. The highest BCUT2D eigenvalue weighted by atomic mass is 32.1. The van der Waals surface area contributed by atoms with Gasteiger partial charge in [0.25, 0.3) is 0 Å². The van der Waals surface area contributed by atoms with Crippen LogP contribution in [0, 0.1) is 5.92 Å². The van der Waals surface area contributed by atoms with Crippen LogP contribution in [0.4, 0.5) is 5.13 Å². The summed E-state index contributed by atoms with van der Waals surface area (Å²) in [6.45, 7) is 0.289. The van der Waals surface area contributed by atoms with Crippen LogP contribution in [-0.2, 0) is 9.59 Å². The molecular weight excluding hydrogens is 276 g/mol. The summed E-state index contributed by atoms with van der Waals surface area (Å²) in [6.07, 6.45) is 0.148. The molecule has 1 fully saturated rings. The highest BCUT2D eigenvalue weighted by molar-refractivity contribution is 7.18. The maximum Gasteiger partial charge on any atom is 0.229 e. The summed E-state index contributed by atoms with van der Waals surface area (Å²) < 4.78 is 0. The van der Waals surface area contributed by atoms with Gasteiger partial charge >= 0.3 is 0 Å². The Labute approximate surface area is 119 Å². The van der Waals surface area contributed by atoms with E-state index in [0.717, 1.165) is 10.6 Å². The Bertz CT molecular complexity index is 655. The number of primary amides is 1. The first-order chi connectivity index (χ1) is 9.65. The van der Waals surface area contributed by atoms with E-state index < -0.39 is 11.8 Å². The van der Waals surface area contributed by atoms with Crippen LogP contribution in [0.25, 0.3) is 10.6 Å². The molecule has 1 aliphatic rings. The van der Waals surface area contributed by atoms with Gasteiger partial charge in [0, 0.05) is 18.5 Å². The van der Waals surface area contributed by atoms with Crippen LogP contribution < -0.4 is 10.6 Å². The number of anilines is 1. The van der Waals surface area contributed by atoms with E-state index in [-0.39, 0.29) is 18.9 Å². The molecule has 1 aromatic carbocycles. The number of carbonyl (C=O) groups is 2. The van der Waals surface area contributed by atoms with Gasteiger partial charge in [-0.1, -0.05) is 41.7 Å². The molecule has 7 heteroatoms. The molecular formula is C13H12N4O2S. The Morgan fingerprint density at radius 2 is 2.05 bits per heavy atom. The second-order valence-corrected chi connectivity index (χ2v) is 5.52. The molecule has 2 N–H and O–H groups in total. The summed E-state index contributed by atoms with van der Waals surface area (Å²) in [4.78, 5) is 24.5. The molecule has 2 aromatic rings. The third-order valence-electron chi connectivity index (χ3n) is 3.19. The topological polar surface area (TPSA) is 89.2 Å². The molecule has 0 spiro atoms. The molecule has 1 unspecified atom stereocenters. The fourth-order valence-corrected chi connectivity index (χ4v) is 2.98. The fraction of sp³-hybridized carbons (Fsp3) is 0.231. The van der Waals surface area contributed by atoms with Gasteiger partial charge in [-0.15, -0.1) is 10.2 Å². The van der Waals surface area contributed by atoms with E-state index in [1.807, 2.05) is 30.3 Å². The van der Waals surface area contributed by atoms with E-state index in [2.05, 4.69) is 10.2 Å². The maximum absolute atomic E-state index is 11.9. The number of carbonyl (C=O) groups excluding carboxylic acids is 2. The lowest BCUT2D eigenvalue weighted by Gasteiger charge is -2.10. The van der Waals surface area contributed by atoms with E-state index >= 15 is 0 Å². The first kappa shape index (κ1) is 12.7. The molecule has 1 saturated heterocycles. The van der Waals surface area contributed by atoms with Crippen LogP contribution in [0.15, 0.2) is 30.3 Å². The molecule has 1 aliphatic heterocycles. The molecule has 2 heterocycles. The van der Waals surface area contributed by atoms with Gasteiger partial charge in [0.05, 0.1) is 5.92 Å².